The van der Waals surface area contributed by atoms with Crippen molar-refractivity contribution >= 4 is 35.0 Å². The Labute approximate surface area is 200 Å². The third-order valence-corrected chi connectivity index (χ3v) is 6.82. The highest BCUT2D eigenvalue weighted by Crippen LogP contribution is 2.42. The molecule has 0 spiro atoms. The number of carbonyl (C=O) groups excluding carboxylic acids is 2. The van der Waals surface area contributed by atoms with Crippen LogP contribution in [0.3, 0.4) is 0 Å². The first kappa shape index (κ1) is 23.9. The summed E-state index contributed by atoms with van der Waals surface area (Å²) in [5, 5.41) is 2.43. The molecule has 3 aromatic carbocycles. The van der Waals surface area contributed by atoms with Crippen LogP contribution in [0.25, 0.3) is 0 Å². The number of anilines is 2. The van der Waals surface area contributed by atoms with Crippen LogP contribution >= 0.6 is 11.8 Å². The number of rotatable bonds is 5. The molecule has 1 N–H and O–H groups in total. The number of thioether (sulfide) groups is 1. The first-order valence-electron chi connectivity index (χ1n) is 10.8. The standard InChI is InChI=1S/C26H23F3N2O2S/c1-16(2)17-8-12-22(13-9-17)31-23(32)15-34-25(31)18-6-10-21(11-7-18)30-24(33)19-4-3-5-20(14-19)26(27,28)29/h3-14,16,25H,15H2,1-2H3,(H,30,33). The van der Waals surface area contributed by atoms with E-state index in [9.17, 15) is 22.8 Å². The van der Waals surface area contributed by atoms with Crippen LogP contribution in [0.4, 0.5) is 24.5 Å². The van der Waals surface area contributed by atoms with Gasteiger partial charge in [-0.15, -0.1) is 11.8 Å². The summed E-state index contributed by atoms with van der Waals surface area (Å²) in [4.78, 5) is 26.8. The lowest BCUT2D eigenvalue weighted by Crippen LogP contribution is -2.27. The maximum Gasteiger partial charge on any atom is 0.416 e. The molecule has 1 heterocycles. The normalized spacial score (nSPS) is 16.2. The van der Waals surface area contributed by atoms with Gasteiger partial charge in [-0.05, 0) is 59.5 Å². The second kappa shape index (κ2) is 9.54. The molecule has 0 saturated carbocycles. The van der Waals surface area contributed by atoms with Crippen molar-refractivity contribution < 1.29 is 22.8 Å². The van der Waals surface area contributed by atoms with Crippen molar-refractivity contribution in [2.24, 2.45) is 0 Å². The Kier molecular flexibility index (Phi) is 6.70. The van der Waals surface area contributed by atoms with Crippen LogP contribution in [-0.4, -0.2) is 17.6 Å². The predicted molar refractivity (Wildman–Crippen MR) is 129 cm³/mol. The van der Waals surface area contributed by atoms with Gasteiger partial charge in [0, 0.05) is 16.9 Å². The van der Waals surface area contributed by atoms with Crippen molar-refractivity contribution in [3.63, 3.8) is 0 Å². The molecule has 1 saturated heterocycles. The summed E-state index contributed by atoms with van der Waals surface area (Å²) in [7, 11) is 0. The maximum absolute atomic E-state index is 12.9. The van der Waals surface area contributed by atoms with Crippen LogP contribution < -0.4 is 10.2 Å². The fraction of sp³-hybridized carbons (Fsp3) is 0.231. The van der Waals surface area contributed by atoms with E-state index in [2.05, 4.69) is 19.2 Å². The predicted octanol–water partition coefficient (Wildman–Crippen LogP) is 6.86. The lowest BCUT2D eigenvalue weighted by molar-refractivity contribution is -0.137. The number of hydrogen-bond donors (Lipinski definition) is 1. The summed E-state index contributed by atoms with van der Waals surface area (Å²) < 4.78 is 38.8. The summed E-state index contributed by atoms with van der Waals surface area (Å²) in [5.41, 5.74) is 2.41. The van der Waals surface area contributed by atoms with Gasteiger partial charge >= 0.3 is 6.18 Å². The third kappa shape index (κ3) is 5.12. The zero-order valence-corrected chi connectivity index (χ0v) is 19.4. The van der Waals surface area contributed by atoms with Crippen molar-refractivity contribution in [1.82, 2.24) is 0 Å². The molecule has 3 aromatic rings. The van der Waals surface area contributed by atoms with Gasteiger partial charge < -0.3 is 5.32 Å². The Hall–Kier alpha value is -3.26. The van der Waals surface area contributed by atoms with Gasteiger partial charge in [0.1, 0.15) is 5.37 Å². The smallest absolute Gasteiger partial charge is 0.322 e. The largest absolute Gasteiger partial charge is 0.416 e. The number of alkyl halides is 3. The molecule has 4 rings (SSSR count). The molecule has 0 aliphatic carbocycles. The number of benzene rings is 3. The highest BCUT2D eigenvalue weighted by molar-refractivity contribution is 8.00. The maximum atomic E-state index is 12.9. The van der Waals surface area contributed by atoms with Crippen molar-refractivity contribution in [1.29, 1.82) is 0 Å². The van der Waals surface area contributed by atoms with Crippen LogP contribution in [0.1, 0.15) is 52.2 Å². The molecule has 1 fully saturated rings. The number of hydrogen-bond acceptors (Lipinski definition) is 3. The molecule has 0 bridgehead atoms. The second-order valence-corrected chi connectivity index (χ2v) is 9.40. The number of carbonyl (C=O) groups is 2. The van der Waals surface area contributed by atoms with Crippen molar-refractivity contribution in [3.8, 4) is 0 Å². The third-order valence-electron chi connectivity index (χ3n) is 5.61. The van der Waals surface area contributed by atoms with Crippen molar-refractivity contribution in [2.45, 2.75) is 31.3 Å². The molecule has 8 heteroatoms. The minimum Gasteiger partial charge on any atom is -0.322 e. The highest BCUT2D eigenvalue weighted by atomic mass is 32.2. The van der Waals surface area contributed by atoms with Gasteiger partial charge in [0.15, 0.2) is 0 Å². The van der Waals surface area contributed by atoms with Crippen LogP contribution in [0.5, 0.6) is 0 Å². The van der Waals surface area contributed by atoms with Gasteiger partial charge in [-0.1, -0.05) is 44.2 Å². The van der Waals surface area contributed by atoms with E-state index < -0.39 is 17.6 Å². The summed E-state index contributed by atoms with van der Waals surface area (Å²) in [5.74, 6) is 0.155. The summed E-state index contributed by atoms with van der Waals surface area (Å²) >= 11 is 1.52. The topological polar surface area (TPSA) is 49.4 Å². The molecule has 4 nitrogen and oxygen atoms in total. The molecule has 0 radical (unpaired) electrons. The molecule has 176 valence electrons. The molecular weight excluding hydrogens is 461 g/mol. The Morgan fingerprint density at radius 3 is 2.32 bits per heavy atom. The first-order chi connectivity index (χ1) is 16.1. The Bertz CT molecular complexity index is 1190. The van der Waals surface area contributed by atoms with E-state index in [0.29, 0.717) is 17.4 Å². The quantitative estimate of drug-likeness (QED) is 0.430. The van der Waals surface area contributed by atoms with Gasteiger partial charge in [-0.2, -0.15) is 13.2 Å². The van der Waals surface area contributed by atoms with E-state index in [0.717, 1.165) is 23.4 Å². The van der Waals surface area contributed by atoms with Gasteiger partial charge in [0.05, 0.1) is 11.3 Å². The molecule has 1 aliphatic rings. The van der Waals surface area contributed by atoms with Crippen LogP contribution in [0.2, 0.25) is 0 Å². The minimum absolute atomic E-state index is 0.0224. The molecule has 34 heavy (non-hydrogen) atoms. The van der Waals surface area contributed by atoms with Crippen LogP contribution in [0, 0.1) is 0 Å². The van der Waals surface area contributed by atoms with Crippen LogP contribution in [-0.2, 0) is 11.0 Å². The van der Waals surface area contributed by atoms with Gasteiger partial charge in [0.2, 0.25) is 5.91 Å². The first-order valence-corrected chi connectivity index (χ1v) is 11.8. The molecular formula is C26H23F3N2O2S. The summed E-state index contributed by atoms with van der Waals surface area (Å²) in [6, 6.07) is 19.3. The Balaban J connectivity index is 1.49. The van der Waals surface area contributed by atoms with Gasteiger partial charge in [0.25, 0.3) is 5.91 Å². The van der Waals surface area contributed by atoms with Gasteiger partial charge in [-0.25, -0.2) is 0 Å². The van der Waals surface area contributed by atoms with Gasteiger partial charge in [-0.3, -0.25) is 14.5 Å². The minimum atomic E-state index is -4.52. The SMILES string of the molecule is CC(C)c1ccc(N2C(=O)CSC2c2ccc(NC(=O)c3cccc(C(F)(F)F)c3)cc2)cc1. The monoisotopic (exact) mass is 484 g/mol. The number of amides is 2. The zero-order chi connectivity index (χ0) is 24.5. The van der Waals surface area contributed by atoms with Crippen molar-refractivity contribution in [2.75, 3.05) is 16.0 Å². The van der Waals surface area contributed by atoms with E-state index in [1.165, 1.54) is 29.5 Å². The Morgan fingerprint density at radius 1 is 1.03 bits per heavy atom. The molecule has 0 aromatic heterocycles. The average molecular weight is 485 g/mol. The van der Waals surface area contributed by atoms with E-state index in [4.69, 9.17) is 0 Å². The Morgan fingerprint density at radius 2 is 1.71 bits per heavy atom. The van der Waals surface area contributed by atoms with E-state index in [-0.39, 0.29) is 16.8 Å². The lowest BCUT2D eigenvalue weighted by atomic mass is 10.0. The average Bonchev–Trinajstić information content (AvgIpc) is 3.20. The molecule has 1 atom stereocenters. The molecule has 2 amide bonds. The fourth-order valence-electron chi connectivity index (χ4n) is 3.74. The summed E-state index contributed by atoms with van der Waals surface area (Å²) in [6.07, 6.45) is -4.52. The molecule has 1 unspecified atom stereocenters. The highest BCUT2D eigenvalue weighted by Gasteiger charge is 2.34. The second-order valence-electron chi connectivity index (χ2n) is 8.33. The molecule has 1 aliphatic heterocycles. The zero-order valence-electron chi connectivity index (χ0n) is 18.6. The summed E-state index contributed by atoms with van der Waals surface area (Å²) in [6.45, 7) is 4.23. The lowest BCUT2D eigenvalue weighted by Gasteiger charge is -2.25. The van der Waals surface area contributed by atoms with E-state index in [1.807, 2.05) is 36.4 Å². The van der Waals surface area contributed by atoms with E-state index in [1.54, 1.807) is 17.0 Å². The van der Waals surface area contributed by atoms with Crippen LogP contribution in [0.15, 0.2) is 72.8 Å². The number of nitrogens with zero attached hydrogens (tertiary/aromatic N) is 1. The van der Waals surface area contributed by atoms with E-state index >= 15 is 0 Å². The fourth-order valence-corrected chi connectivity index (χ4v) is 4.92. The number of halogens is 3. The van der Waals surface area contributed by atoms with Crippen molar-refractivity contribution in [3.05, 3.63) is 95.1 Å². The number of nitrogens with one attached hydrogen (secondary N) is 1.